The second kappa shape index (κ2) is 8.72. The molecule has 0 radical (unpaired) electrons. The Kier molecular flexibility index (Phi) is 6.42. The molecule has 0 aliphatic rings. The van der Waals surface area contributed by atoms with Crippen molar-refractivity contribution in [2.24, 2.45) is 5.10 Å². The fourth-order valence-electron chi connectivity index (χ4n) is 2.40. The third-order valence-corrected chi connectivity index (χ3v) is 4.46. The minimum absolute atomic E-state index is 0.0251. The summed E-state index contributed by atoms with van der Waals surface area (Å²) in [4.78, 5) is 7.38. The van der Waals surface area contributed by atoms with Crippen molar-refractivity contribution < 1.29 is 26.3 Å². The van der Waals surface area contributed by atoms with Gasteiger partial charge in [0.2, 0.25) is 0 Å². The van der Waals surface area contributed by atoms with E-state index in [2.05, 4.69) is 20.5 Å². The van der Waals surface area contributed by atoms with Crippen LogP contribution in [0.25, 0.3) is 0 Å². The van der Waals surface area contributed by atoms with Crippen molar-refractivity contribution in [2.45, 2.75) is 12.4 Å². The van der Waals surface area contributed by atoms with Crippen LogP contribution in [0.3, 0.4) is 0 Å². The highest BCUT2D eigenvalue weighted by atomic mass is 35.5. The largest absolute Gasteiger partial charge is 0.417 e. The third-order valence-electron chi connectivity index (χ3n) is 3.88. The van der Waals surface area contributed by atoms with Gasteiger partial charge in [0.1, 0.15) is 11.4 Å². The number of aromatic nitrogens is 2. The topological polar surface area (TPSA) is 50.2 Å². The summed E-state index contributed by atoms with van der Waals surface area (Å²) < 4.78 is 77.0. The van der Waals surface area contributed by atoms with Gasteiger partial charge in [-0.1, -0.05) is 53.5 Å². The second-order valence-corrected chi connectivity index (χ2v) is 6.86. The highest BCUT2D eigenvalue weighted by molar-refractivity contribution is 6.35. The third kappa shape index (κ3) is 5.45. The van der Waals surface area contributed by atoms with E-state index < -0.39 is 23.5 Å². The molecule has 0 spiro atoms. The molecule has 0 aliphatic heterocycles. The van der Waals surface area contributed by atoms with Crippen LogP contribution in [0.4, 0.5) is 32.2 Å². The molecule has 3 rings (SSSR count). The fourth-order valence-corrected chi connectivity index (χ4v) is 2.87. The number of anilines is 1. The molecule has 0 amide bonds. The van der Waals surface area contributed by atoms with E-state index in [9.17, 15) is 26.3 Å². The fraction of sp³-hybridized carbons (Fsp3) is 0.105. The number of alkyl halides is 6. The first-order chi connectivity index (χ1) is 14.5. The van der Waals surface area contributed by atoms with E-state index >= 15 is 0 Å². The predicted molar refractivity (Wildman–Crippen MR) is 104 cm³/mol. The van der Waals surface area contributed by atoms with E-state index in [1.807, 2.05) is 0 Å². The SMILES string of the molecule is FC(F)(F)c1cnc(N/N=C(\c2ccccc2)c2ncc(C(F)(F)F)cc2Cl)c(Cl)c1. The normalized spacial score (nSPS) is 12.7. The summed E-state index contributed by atoms with van der Waals surface area (Å²) in [6.07, 6.45) is -8.11. The van der Waals surface area contributed by atoms with Crippen molar-refractivity contribution in [1.29, 1.82) is 0 Å². The molecule has 162 valence electrons. The van der Waals surface area contributed by atoms with Gasteiger partial charge >= 0.3 is 12.4 Å². The van der Waals surface area contributed by atoms with E-state index in [-0.39, 0.29) is 27.3 Å². The number of hydrazone groups is 1. The van der Waals surface area contributed by atoms with E-state index in [4.69, 9.17) is 23.2 Å². The van der Waals surface area contributed by atoms with Crippen molar-refractivity contribution in [1.82, 2.24) is 9.97 Å². The van der Waals surface area contributed by atoms with Gasteiger partial charge in [0.15, 0.2) is 5.82 Å². The standard InChI is InChI=1S/C19H10Cl2F6N4/c20-13-6-11(18(22,23)24)8-28-16(13)15(10-4-2-1-3-5-10)30-31-17-14(21)7-12(9-29-17)19(25,26)27/h1-9H,(H,29,31)/b30-15+. The molecule has 0 bridgehead atoms. The first-order valence-corrected chi connectivity index (χ1v) is 9.07. The van der Waals surface area contributed by atoms with Gasteiger partial charge in [-0.3, -0.25) is 10.4 Å². The van der Waals surface area contributed by atoms with Crippen LogP contribution in [0.2, 0.25) is 10.0 Å². The number of halogens is 8. The lowest BCUT2D eigenvalue weighted by Gasteiger charge is -2.12. The minimum Gasteiger partial charge on any atom is -0.259 e. The zero-order valence-corrected chi connectivity index (χ0v) is 16.6. The number of benzene rings is 1. The highest BCUT2D eigenvalue weighted by Gasteiger charge is 2.33. The van der Waals surface area contributed by atoms with Crippen LogP contribution in [-0.2, 0) is 12.4 Å². The maximum Gasteiger partial charge on any atom is 0.417 e. The molecule has 0 unspecified atom stereocenters. The number of rotatable bonds is 4. The molecule has 0 saturated heterocycles. The Labute approximate surface area is 181 Å². The number of nitrogens with zero attached hydrogens (tertiary/aromatic N) is 3. The average molecular weight is 479 g/mol. The maximum absolute atomic E-state index is 12.9. The lowest BCUT2D eigenvalue weighted by molar-refractivity contribution is -0.138. The quantitative estimate of drug-likeness (QED) is 0.258. The van der Waals surface area contributed by atoms with Gasteiger partial charge in [0.25, 0.3) is 0 Å². The van der Waals surface area contributed by atoms with Crippen molar-refractivity contribution in [2.75, 3.05) is 5.43 Å². The van der Waals surface area contributed by atoms with Crippen LogP contribution in [0.15, 0.2) is 60.0 Å². The van der Waals surface area contributed by atoms with Gasteiger partial charge in [-0.15, -0.1) is 0 Å². The van der Waals surface area contributed by atoms with Crippen LogP contribution in [0.5, 0.6) is 0 Å². The molecule has 1 N–H and O–H groups in total. The zero-order chi connectivity index (χ0) is 22.8. The van der Waals surface area contributed by atoms with Crippen LogP contribution >= 0.6 is 23.2 Å². The molecule has 1 aromatic carbocycles. The van der Waals surface area contributed by atoms with Crippen molar-refractivity contribution in [3.05, 3.63) is 87.3 Å². The summed E-state index contributed by atoms with van der Waals surface area (Å²) in [5.41, 5.74) is 0.679. The lowest BCUT2D eigenvalue weighted by atomic mass is 10.1. The molecule has 0 aliphatic carbocycles. The molecular weight excluding hydrogens is 469 g/mol. The maximum atomic E-state index is 12.9. The van der Waals surface area contributed by atoms with E-state index in [0.717, 1.165) is 0 Å². The molecule has 0 atom stereocenters. The molecule has 4 nitrogen and oxygen atoms in total. The molecule has 0 fully saturated rings. The van der Waals surface area contributed by atoms with Crippen molar-refractivity contribution >= 4 is 34.7 Å². The van der Waals surface area contributed by atoms with Crippen LogP contribution < -0.4 is 5.43 Å². The Morgan fingerprint density at radius 3 is 1.87 bits per heavy atom. The highest BCUT2D eigenvalue weighted by Crippen LogP contribution is 2.33. The van der Waals surface area contributed by atoms with E-state index in [1.54, 1.807) is 30.3 Å². The van der Waals surface area contributed by atoms with Gasteiger partial charge < -0.3 is 0 Å². The molecule has 2 aromatic heterocycles. The van der Waals surface area contributed by atoms with Crippen LogP contribution in [0, 0.1) is 0 Å². The smallest absolute Gasteiger partial charge is 0.259 e. The Hall–Kier alpha value is -2.85. The monoisotopic (exact) mass is 478 g/mol. The number of hydrogen-bond acceptors (Lipinski definition) is 4. The number of pyridine rings is 2. The van der Waals surface area contributed by atoms with Gasteiger partial charge in [-0.25, -0.2) is 4.98 Å². The van der Waals surface area contributed by atoms with Crippen LogP contribution in [-0.4, -0.2) is 15.7 Å². The summed E-state index contributed by atoms with van der Waals surface area (Å²) in [6.45, 7) is 0. The predicted octanol–water partition coefficient (Wildman–Crippen LogP) is 6.69. The first-order valence-electron chi connectivity index (χ1n) is 8.32. The molecule has 3 aromatic rings. The lowest BCUT2D eigenvalue weighted by Crippen LogP contribution is -2.13. The zero-order valence-electron chi connectivity index (χ0n) is 15.1. The van der Waals surface area contributed by atoms with Crippen LogP contribution in [0.1, 0.15) is 22.4 Å². The Morgan fingerprint density at radius 2 is 1.35 bits per heavy atom. The minimum atomic E-state index is -4.64. The molecular formula is C19H10Cl2F6N4. The summed E-state index contributed by atoms with van der Waals surface area (Å²) in [5.74, 6) is -0.203. The van der Waals surface area contributed by atoms with Gasteiger partial charge in [0.05, 0.1) is 21.2 Å². The van der Waals surface area contributed by atoms with Gasteiger partial charge in [-0.2, -0.15) is 31.4 Å². The molecule has 31 heavy (non-hydrogen) atoms. The van der Waals surface area contributed by atoms with E-state index in [0.29, 0.717) is 30.1 Å². The number of hydrogen-bond donors (Lipinski definition) is 1. The molecule has 12 heteroatoms. The van der Waals surface area contributed by atoms with Crippen molar-refractivity contribution in [3.8, 4) is 0 Å². The summed E-state index contributed by atoms with van der Waals surface area (Å²) in [6, 6.07) is 9.54. The van der Waals surface area contributed by atoms with Gasteiger partial charge in [0, 0.05) is 18.0 Å². The number of nitrogens with one attached hydrogen (secondary N) is 1. The molecule has 0 saturated carbocycles. The second-order valence-electron chi connectivity index (χ2n) is 6.04. The van der Waals surface area contributed by atoms with Gasteiger partial charge in [-0.05, 0) is 12.1 Å². The summed E-state index contributed by atoms with van der Waals surface area (Å²) in [7, 11) is 0. The summed E-state index contributed by atoms with van der Waals surface area (Å²) >= 11 is 11.9. The molecule has 2 heterocycles. The van der Waals surface area contributed by atoms with Crippen molar-refractivity contribution in [3.63, 3.8) is 0 Å². The Bertz CT molecular complexity index is 1110. The summed E-state index contributed by atoms with van der Waals surface area (Å²) in [5, 5.41) is 3.36. The Morgan fingerprint density at radius 1 is 0.806 bits per heavy atom. The van der Waals surface area contributed by atoms with E-state index in [1.165, 1.54) is 0 Å². The average Bonchev–Trinajstić information content (AvgIpc) is 2.69. The first kappa shape index (κ1) is 22.8. The Balaban J connectivity index is 2.03.